The highest BCUT2D eigenvalue weighted by atomic mass is 16.4. The van der Waals surface area contributed by atoms with E-state index in [1.54, 1.807) is 18.5 Å². The molecule has 0 saturated carbocycles. The van der Waals surface area contributed by atoms with E-state index in [1.807, 2.05) is 13.0 Å². The molecular formula is C18H24N4O2. The van der Waals surface area contributed by atoms with Gasteiger partial charge < -0.3 is 9.73 Å². The molecule has 0 spiro atoms. The minimum Gasteiger partial charge on any atom is -0.454 e. The molecule has 2 aromatic rings. The Bertz CT molecular complexity index is 675. The second-order valence-electron chi connectivity index (χ2n) is 6.31. The number of furan rings is 1. The second-order valence-corrected chi connectivity index (χ2v) is 6.31. The number of carbonyl (C=O) groups is 1. The molecule has 0 bridgehead atoms. The van der Waals surface area contributed by atoms with Gasteiger partial charge in [-0.05, 0) is 51.9 Å². The molecule has 128 valence electrons. The summed E-state index contributed by atoms with van der Waals surface area (Å²) in [5.41, 5.74) is 1.58. The summed E-state index contributed by atoms with van der Waals surface area (Å²) < 4.78 is 5.78. The smallest absolute Gasteiger partial charge is 0.287 e. The minimum atomic E-state index is -0.227. The van der Waals surface area contributed by atoms with Crippen molar-refractivity contribution in [2.45, 2.75) is 45.7 Å². The van der Waals surface area contributed by atoms with Crippen LogP contribution in [0.15, 0.2) is 28.9 Å². The maximum absolute atomic E-state index is 12.2. The molecule has 1 aliphatic rings. The Kier molecular flexibility index (Phi) is 5.25. The van der Waals surface area contributed by atoms with E-state index in [1.165, 1.54) is 19.3 Å². The Balaban J connectivity index is 1.57. The van der Waals surface area contributed by atoms with E-state index in [2.05, 4.69) is 27.1 Å². The number of piperidine rings is 1. The van der Waals surface area contributed by atoms with Crippen molar-refractivity contribution in [3.05, 3.63) is 47.4 Å². The van der Waals surface area contributed by atoms with Crippen LogP contribution < -0.4 is 5.32 Å². The van der Waals surface area contributed by atoms with Crippen LogP contribution in [0.2, 0.25) is 0 Å². The van der Waals surface area contributed by atoms with Crippen molar-refractivity contribution < 1.29 is 9.21 Å². The van der Waals surface area contributed by atoms with Gasteiger partial charge in [-0.3, -0.25) is 19.7 Å². The average Bonchev–Trinajstić information content (AvgIpc) is 3.11. The van der Waals surface area contributed by atoms with Crippen molar-refractivity contribution >= 4 is 5.91 Å². The summed E-state index contributed by atoms with van der Waals surface area (Å²) in [6.45, 7) is 6.53. The van der Waals surface area contributed by atoms with Gasteiger partial charge in [0, 0.05) is 6.20 Å². The molecule has 1 N–H and O–H groups in total. The molecule has 1 amide bonds. The van der Waals surface area contributed by atoms with Gasteiger partial charge in [-0.25, -0.2) is 0 Å². The molecule has 1 aliphatic heterocycles. The Labute approximate surface area is 142 Å². The fraction of sp³-hybridized carbons (Fsp3) is 0.500. The molecule has 24 heavy (non-hydrogen) atoms. The summed E-state index contributed by atoms with van der Waals surface area (Å²) >= 11 is 0. The fourth-order valence-corrected chi connectivity index (χ4v) is 2.95. The van der Waals surface area contributed by atoms with Gasteiger partial charge in [0.05, 0.1) is 30.2 Å². The van der Waals surface area contributed by atoms with Gasteiger partial charge in [0.15, 0.2) is 5.76 Å². The van der Waals surface area contributed by atoms with Crippen LogP contribution in [0, 0.1) is 6.92 Å². The fourth-order valence-electron chi connectivity index (χ4n) is 2.95. The van der Waals surface area contributed by atoms with E-state index in [9.17, 15) is 4.79 Å². The van der Waals surface area contributed by atoms with E-state index >= 15 is 0 Å². The highest BCUT2D eigenvalue weighted by Crippen LogP contribution is 2.25. The molecule has 0 aliphatic carbocycles. The van der Waals surface area contributed by atoms with E-state index in [0.717, 1.165) is 30.2 Å². The van der Waals surface area contributed by atoms with Crippen LogP contribution >= 0.6 is 0 Å². The van der Waals surface area contributed by atoms with Crippen LogP contribution in [0.1, 0.15) is 59.9 Å². The number of carbonyl (C=O) groups excluding carboxylic acids is 1. The molecule has 2 aromatic heterocycles. The van der Waals surface area contributed by atoms with Crippen LogP contribution in [0.4, 0.5) is 0 Å². The number of aromatic nitrogens is 2. The number of nitrogens with zero attached hydrogens (tertiary/aromatic N) is 3. The molecule has 6 heteroatoms. The molecular weight excluding hydrogens is 304 g/mol. The van der Waals surface area contributed by atoms with Gasteiger partial charge in [0.2, 0.25) is 0 Å². The topological polar surface area (TPSA) is 71.3 Å². The first-order valence-electron chi connectivity index (χ1n) is 8.53. The zero-order chi connectivity index (χ0) is 16.9. The normalized spacial score (nSPS) is 16.8. The number of rotatable bonds is 5. The van der Waals surface area contributed by atoms with E-state index < -0.39 is 0 Å². The van der Waals surface area contributed by atoms with Crippen molar-refractivity contribution in [2.24, 2.45) is 0 Å². The Morgan fingerprint density at radius 1 is 1.25 bits per heavy atom. The highest BCUT2D eigenvalue weighted by Gasteiger charge is 2.22. The second kappa shape index (κ2) is 7.57. The van der Waals surface area contributed by atoms with E-state index in [0.29, 0.717) is 12.3 Å². The van der Waals surface area contributed by atoms with Crippen LogP contribution in [0.5, 0.6) is 0 Å². The third-order valence-electron chi connectivity index (χ3n) is 4.47. The van der Waals surface area contributed by atoms with E-state index in [-0.39, 0.29) is 11.9 Å². The summed E-state index contributed by atoms with van der Waals surface area (Å²) in [7, 11) is 0. The maximum Gasteiger partial charge on any atom is 0.287 e. The lowest BCUT2D eigenvalue weighted by Gasteiger charge is -2.31. The van der Waals surface area contributed by atoms with Crippen LogP contribution in [0.3, 0.4) is 0 Å². The maximum atomic E-state index is 12.2. The lowest BCUT2D eigenvalue weighted by atomic mass is 10.1. The molecule has 3 heterocycles. The number of nitrogens with one attached hydrogen (secondary N) is 1. The standard InChI is InChI=1S/C18H24N4O2/c1-13-10-20-15(11-19-13)12-21-18(23)17-7-6-16(24-17)14(2)22-8-4-3-5-9-22/h6-7,10-11,14H,3-5,8-9,12H2,1-2H3,(H,21,23)/t14-/m1/s1. The van der Waals surface area contributed by atoms with Gasteiger partial charge in [0.1, 0.15) is 5.76 Å². The van der Waals surface area contributed by atoms with Crippen molar-refractivity contribution in [3.63, 3.8) is 0 Å². The predicted molar refractivity (Wildman–Crippen MR) is 90.5 cm³/mol. The van der Waals surface area contributed by atoms with Crippen molar-refractivity contribution in [2.75, 3.05) is 13.1 Å². The first-order chi connectivity index (χ1) is 11.6. The quantitative estimate of drug-likeness (QED) is 0.914. The zero-order valence-electron chi connectivity index (χ0n) is 14.3. The molecule has 3 rings (SSSR count). The lowest BCUT2D eigenvalue weighted by molar-refractivity contribution is 0.0913. The summed E-state index contributed by atoms with van der Waals surface area (Å²) in [4.78, 5) is 23.0. The number of likely N-dealkylation sites (tertiary alicyclic amines) is 1. The Morgan fingerprint density at radius 3 is 2.75 bits per heavy atom. The van der Waals surface area contributed by atoms with Gasteiger partial charge in [-0.1, -0.05) is 6.42 Å². The lowest BCUT2D eigenvalue weighted by Crippen LogP contribution is -2.32. The van der Waals surface area contributed by atoms with Crippen LogP contribution in [0.25, 0.3) is 0 Å². The zero-order valence-corrected chi connectivity index (χ0v) is 14.3. The molecule has 1 saturated heterocycles. The summed E-state index contributed by atoms with van der Waals surface area (Å²) in [6, 6.07) is 3.85. The molecule has 1 atom stereocenters. The van der Waals surface area contributed by atoms with Crippen molar-refractivity contribution in [1.82, 2.24) is 20.2 Å². The number of hydrogen-bond donors (Lipinski definition) is 1. The van der Waals surface area contributed by atoms with Crippen LogP contribution in [-0.2, 0) is 6.54 Å². The van der Waals surface area contributed by atoms with E-state index in [4.69, 9.17) is 4.42 Å². The van der Waals surface area contributed by atoms with Crippen LogP contribution in [-0.4, -0.2) is 33.9 Å². The molecule has 0 aromatic carbocycles. The Hall–Kier alpha value is -2.21. The van der Waals surface area contributed by atoms with Gasteiger partial charge in [-0.2, -0.15) is 0 Å². The van der Waals surface area contributed by atoms with Gasteiger partial charge in [-0.15, -0.1) is 0 Å². The number of aryl methyl sites for hydroxylation is 1. The van der Waals surface area contributed by atoms with Gasteiger partial charge in [0.25, 0.3) is 5.91 Å². The molecule has 6 nitrogen and oxygen atoms in total. The third kappa shape index (κ3) is 4.00. The monoisotopic (exact) mass is 328 g/mol. The number of hydrogen-bond acceptors (Lipinski definition) is 5. The first-order valence-corrected chi connectivity index (χ1v) is 8.53. The first kappa shape index (κ1) is 16.6. The Morgan fingerprint density at radius 2 is 2.04 bits per heavy atom. The largest absolute Gasteiger partial charge is 0.454 e. The summed E-state index contributed by atoms with van der Waals surface area (Å²) in [5, 5.41) is 2.82. The predicted octanol–water partition coefficient (Wildman–Crippen LogP) is 2.85. The molecule has 1 fully saturated rings. The molecule has 0 unspecified atom stereocenters. The SMILES string of the molecule is Cc1cnc(CNC(=O)c2ccc([C@@H](C)N3CCCCC3)o2)cn1. The van der Waals surface area contributed by atoms with Crippen molar-refractivity contribution in [3.8, 4) is 0 Å². The summed E-state index contributed by atoms with van der Waals surface area (Å²) in [6.07, 6.45) is 7.12. The minimum absolute atomic E-state index is 0.204. The average molecular weight is 328 g/mol. The summed E-state index contributed by atoms with van der Waals surface area (Å²) in [5.74, 6) is 0.959. The van der Waals surface area contributed by atoms with Crippen molar-refractivity contribution in [1.29, 1.82) is 0 Å². The van der Waals surface area contributed by atoms with Gasteiger partial charge >= 0.3 is 0 Å². The number of amides is 1. The highest BCUT2D eigenvalue weighted by molar-refractivity contribution is 5.91. The third-order valence-corrected chi connectivity index (χ3v) is 4.47. The molecule has 0 radical (unpaired) electrons.